The molecule has 0 amide bonds. The summed E-state index contributed by atoms with van der Waals surface area (Å²) in [4.78, 5) is 16.0. The van der Waals surface area contributed by atoms with E-state index in [0.29, 0.717) is 11.3 Å². The van der Waals surface area contributed by atoms with Crippen molar-refractivity contribution in [2.75, 3.05) is 0 Å². The third kappa shape index (κ3) is 3.01. The first-order valence-corrected chi connectivity index (χ1v) is 6.25. The third-order valence-corrected chi connectivity index (χ3v) is 3.05. The fraction of sp³-hybridized carbons (Fsp3) is 0.143. The van der Waals surface area contributed by atoms with Crippen molar-refractivity contribution in [1.29, 1.82) is 0 Å². The molecule has 0 fully saturated rings. The first-order chi connectivity index (χ1) is 8.56. The summed E-state index contributed by atoms with van der Waals surface area (Å²) < 4.78 is 14.3. The maximum absolute atomic E-state index is 13.5. The van der Waals surface area contributed by atoms with Crippen molar-refractivity contribution in [2.24, 2.45) is 0 Å². The Hall–Kier alpha value is -1.55. The second kappa shape index (κ2) is 5.40. The predicted octanol–water partition coefficient (Wildman–Crippen LogP) is 3.72. The van der Waals surface area contributed by atoms with Gasteiger partial charge < -0.3 is 0 Å². The van der Waals surface area contributed by atoms with E-state index in [1.165, 1.54) is 6.07 Å². The minimum atomic E-state index is -0.376. The standard InChI is InChI=1S/C14H11BrFNO/c1-9-4-5-17-13(6-9)14(18)8-10-7-11(15)2-3-12(10)16/h2-7H,8H2,1H3. The van der Waals surface area contributed by atoms with Crippen LogP contribution in [-0.4, -0.2) is 10.8 Å². The van der Waals surface area contributed by atoms with Gasteiger partial charge in [-0.1, -0.05) is 15.9 Å². The van der Waals surface area contributed by atoms with Gasteiger partial charge in [0.05, 0.1) is 0 Å². The van der Waals surface area contributed by atoms with E-state index in [0.717, 1.165) is 10.0 Å². The number of hydrogen-bond donors (Lipinski definition) is 0. The molecule has 0 N–H and O–H groups in total. The van der Waals surface area contributed by atoms with Crippen LogP contribution in [0.2, 0.25) is 0 Å². The van der Waals surface area contributed by atoms with Crippen molar-refractivity contribution >= 4 is 21.7 Å². The average Bonchev–Trinajstić information content (AvgIpc) is 2.34. The van der Waals surface area contributed by atoms with Gasteiger partial charge >= 0.3 is 0 Å². The summed E-state index contributed by atoms with van der Waals surface area (Å²) >= 11 is 3.26. The molecule has 0 unspecified atom stereocenters. The van der Waals surface area contributed by atoms with Gasteiger partial charge in [-0.3, -0.25) is 9.78 Å². The van der Waals surface area contributed by atoms with E-state index in [2.05, 4.69) is 20.9 Å². The second-order valence-corrected chi connectivity index (χ2v) is 4.97. The van der Waals surface area contributed by atoms with Gasteiger partial charge in [-0.15, -0.1) is 0 Å². The van der Waals surface area contributed by atoms with Crippen LogP contribution in [0.5, 0.6) is 0 Å². The topological polar surface area (TPSA) is 30.0 Å². The van der Waals surface area contributed by atoms with Gasteiger partial charge in [0.1, 0.15) is 11.5 Å². The number of pyridine rings is 1. The normalized spacial score (nSPS) is 10.4. The Kier molecular flexibility index (Phi) is 3.87. The van der Waals surface area contributed by atoms with Crippen molar-refractivity contribution in [3.8, 4) is 0 Å². The number of nitrogens with zero attached hydrogens (tertiary/aromatic N) is 1. The number of ketones is 1. The molecule has 92 valence electrons. The lowest BCUT2D eigenvalue weighted by molar-refractivity contribution is 0.0987. The molecule has 0 aliphatic carbocycles. The summed E-state index contributed by atoms with van der Waals surface area (Å²) in [6.45, 7) is 1.89. The Morgan fingerprint density at radius 1 is 1.33 bits per heavy atom. The highest BCUT2D eigenvalue weighted by molar-refractivity contribution is 9.10. The van der Waals surface area contributed by atoms with Crippen LogP contribution in [0.4, 0.5) is 4.39 Å². The molecule has 0 saturated heterocycles. The predicted molar refractivity (Wildman–Crippen MR) is 71.1 cm³/mol. The summed E-state index contributed by atoms with van der Waals surface area (Å²) in [6, 6.07) is 8.09. The van der Waals surface area contributed by atoms with Crippen LogP contribution in [0.25, 0.3) is 0 Å². The molecule has 2 rings (SSSR count). The minimum absolute atomic E-state index is 0.0156. The zero-order valence-corrected chi connectivity index (χ0v) is 11.4. The van der Waals surface area contributed by atoms with Gasteiger partial charge in [0.2, 0.25) is 0 Å². The maximum Gasteiger partial charge on any atom is 0.185 e. The highest BCUT2D eigenvalue weighted by atomic mass is 79.9. The number of halogens is 2. The van der Waals surface area contributed by atoms with Crippen LogP contribution in [-0.2, 0) is 6.42 Å². The molecule has 0 atom stereocenters. The lowest BCUT2D eigenvalue weighted by atomic mass is 10.1. The Morgan fingerprint density at radius 2 is 2.11 bits per heavy atom. The van der Waals surface area contributed by atoms with Crippen molar-refractivity contribution in [1.82, 2.24) is 4.98 Å². The van der Waals surface area contributed by atoms with E-state index in [9.17, 15) is 9.18 Å². The van der Waals surface area contributed by atoms with E-state index in [1.807, 2.05) is 13.0 Å². The van der Waals surface area contributed by atoms with Gasteiger partial charge in [0.25, 0.3) is 0 Å². The van der Waals surface area contributed by atoms with E-state index >= 15 is 0 Å². The van der Waals surface area contributed by atoms with Crippen molar-refractivity contribution in [3.63, 3.8) is 0 Å². The van der Waals surface area contributed by atoms with Gasteiger partial charge in [0, 0.05) is 17.1 Å². The van der Waals surface area contributed by atoms with Gasteiger partial charge in [-0.2, -0.15) is 0 Å². The van der Waals surface area contributed by atoms with Gasteiger partial charge in [0.15, 0.2) is 5.78 Å². The zero-order chi connectivity index (χ0) is 13.1. The molecule has 2 nitrogen and oxygen atoms in total. The first-order valence-electron chi connectivity index (χ1n) is 5.46. The molecule has 0 aliphatic heterocycles. The molecule has 1 aromatic carbocycles. The Morgan fingerprint density at radius 3 is 2.83 bits per heavy atom. The van der Waals surface area contributed by atoms with E-state index in [1.54, 1.807) is 24.4 Å². The summed E-state index contributed by atoms with van der Waals surface area (Å²) in [7, 11) is 0. The molecule has 0 bridgehead atoms. The average molecular weight is 308 g/mol. The van der Waals surface area contributed by atoms with Crippen LogP contribution in [0.3, 0.4) is 0 Å². The molecule has 4 heteroatoms. The van der Waals surface area contributed by atoms with Crippen LogP contribution < -0.4 is 0 Å². The molecule has 0 radical (unpaired) electrons. The number of benzene rings is 1. The zero-order valence-electron chi connectivity index (χ0n) is 9.78. The molecule has 1 heterocycles. The molecule has 0 aliphatic rings. The van der Waals surface area contributed by atoms with Crippen LogP contribution in [0.1, 0.15) is 21.6 Å². The fourth-order valence-electron chi connectivity index (χ4n) is 1.63. The molecule has 2 aromatic rings. The number of Topliss-reactive ketones (excluding diaryl/α,β-unsaturated/α-hetero) is 1. The SMILES string of the molecule is Cc1ccnc(C(=O)Cc2cc(Br)ccc2F)c1. The Labute approximate surface area is 113 Å². The minimum Gasteiger partial charge on any atom is -0.292 e. The fourth-order valence-corrected chi connectivity index (χ4v) is 2.04. The summed E-state index contributed by atoms with van der Waals surface area (Å²) in [6.07, 6.45) is 1.60. The van der Waals surface area contributed by atoms with Crippen molar-refractivity contribution in [3.05, 3.63) is 63.6 Å². The molecule has 0 saturated carbocycles. The maximum atomic E-state index is 13.5. The number of rotatable bonds is 3. The number of carbonyl (C=O) groups is 1. The summed E-state index contributed by atoms with van der Waals surface area (Å²) in [5, 5.41) is 0. The lowest BCUT2D eigenvalue weighted by Crippen LogP contribution is -2.07. The highest BCUT2D eigenvalue weighted by Crippen LogP contribution is 2.17. The third-order valence-electron chi connectivity index (χ3n) is 2.56. The van der Waals surface area contributed by atoms with Crippen molar-refractivity contribution < 1.29 is 9.18 Å². The number of aromatic nitrogens is 1. The number of aryl methyl sites for hydroxylation is 1. The van der Waals surface area contributed by atoms with Crippen LogP contribution in [0, 0.1) is 12.7 Å². The Bertz CT molecular complexity index is 598. The number of carbonyl (C=O) groups excluding carboxylic acids is 1. The highest BCUT2D eigenvalue weighted by Gasteiger charge is 2.12. The Balaban J connectivity index is 2.24. The molecule has 1 aromatic heterocycles. The van der Waals surface area contributed by atoms with E-state index in [4.69, 9.17) is 0 Å². The molecule has 0 spiro atoms. The first kappa shape index (κ1) is 12.9. The van der Waals surface area contributed by atoms with Gasteiger partial charge in [-0.05, 0) is 48.4 Å². The molecular weight excluding hydrogens is 297 g/mol. The molecular formula is C14H11BrFNO. The van der Waals surface area contributed by atoms with Crippen molar-refractivity contribution in [2.45, 2.75) is 13.3 Å². The smallest absolute Gasteiger partial charge is 0.185 e. The van der Waals surface area contributed by atoms with E-state index < -0.39 is 0 Å². The largest absolute Gasteiger partial charge is 0.292 e. The molecule has 18 heavy (non-hydrogen) atoms. The quantitative estimate of drug-likeness (QED) is 0.809. The monoisotopic (exact) mass is 307 g/mol. The van der Waals surface area contributed by atoms with E-state index in [-0.39, 0.29) is 18.0 Å². The number of hydrogen-bond acceptors (Lipinski definition) is 2. The van der Waals surface area contributed by atoms with Gasteiger partial charge in [-0.25, -0.2) is 4.39 Å². The second-order valence-electron chi connectivity index (χ2n) is 4.05. The summed E-state index contributed by atoms with van der Waals surface area (Å²) in [5.74, 6) is -0.560. The lowest BCUT2D eigenvalue weighted by Gasteiger charge is -2.04. The van der Waals surface area contributed by atoms with Crippen LogP contribution >= 0.6 is 15.9 Å². The summed E-state index contributed by atoms with van der Waals surface area (Å²) in [5.41, 5.74) is 1.70. The van der Waals surface area contributed by atoms with Crippen LogP contribution in [0.15, 0.2) is 41.0 Å².